The summed E-state index contributed by atoms with van der Waals surface area (Å²) in [6.45, 7) is 3.99. The first-order valence-electron chi connectivity index (χ1n) is 9.62. The number of aromatic nitrogens is 2. The number of amides is 2. The van der Waals surface area contributed by atoms with Crippen molar-refractivity contribution < 1.29 is 4.79 Å². The van der Waals surface area contributed by atoms with E-state index in [2.05, 4.69) is 25.7 Å². The summed E-state index contributed by atoms with van der Waals surface area (Å²) in [4.78, 5) is 14.6. The number of hydrogen-bond acceptors (Lipinski definition) is 4. The summed E-state index contributed by atoms with van der Waals surface area (Å²) in [6.07, 6.45) is 2.40. The number of aryl methyl sites for hydroxylation is 1. The first-order valence-corrected chi connectivity index (χ1v) is 9.99. The van der Waals surface area contributed by atoms with Crippen molar-refractivity contribution in [1.29, 1.82) is 0 Å². The molecular formula is C22H22ClN5O. The Balaban J connectivity index is 1.44. The molecule has 1 aromatic heterocycles. The van der Waals surface area contributed by atoms with Crippen LogP contribution in [-0.4, -0.2) is 29.3 Å². The lowest BCUT2D eigenvalue weighted by atomic mass is 10.1. The molecule has 2 N–H and O–H groups in total. The summed E-state index contributed by atoms with van der Waals surface area (Å²) in [5.41, 5.74) is 3.92. The summed E-state index contributed by atoms with van der Waals surface area (Å²) in [6, 6.07) is 16.6. The van der Waals surface area contributed by atoms with Gasteiger partial charge in [0.05, 0.1) is 5.69 Å². The van der Waals surface area contributed by atoms with Crippen molar-refractivity contribution >= 4 is 34.8 Å². The number of hydrogen-bond donors (Lipinski definition) is 2. The van der Waals surface area contributed by atoms with Crippen LogP contribution in [0.1, 0.15) is 18.4 Å². The number of halogens is 1. The van der Waals surface area contributed by atoms with Crippen LogP contribution < -0.4 is 15.5 Å². The van der Waals surface area contributed by atoms with E-state index in [1.54, 1.807) is 6.07 Å². The van der Waals surface area contributed by atoms with Gasteiger partial charge in [-0.25, -0.2) is 4.79 Å². The Morgan fingerprint density at radius 3 is 2.41 bits per heavy atom. The average molecular weight is 408 g/mol. The maximum atomic E-state index is 12.3. The smallest absolute Gasteiger partial charge is 0.323 e. The van der Waals surface area contributed by atoms with E-state index in [4.69, 9.17) is 11.6 Å². The lowest BCUT2D eigenvalue weighted by molar-refractivity contribution is 0.262. The summed E-state index contributed by atoms with van der Waals surface area (Å²) >= 11 is 6.11. The van der Waals surface area contributed by atoms with Gasteiger partial charge in [0.15, 0.2) is 5.82 Å². The van der Waals surface area contributed by atoms with Gasteiger partial charge in [-0.15, -0.1) is 10.2 Å². The fourth-order valence-electron chi connectivity index (χ4n) is 3.31. The zero-order chi connectivity index (χ0) is 20.2. The molecule has 2 heterocycles. The van der Waals surface area contributed by atoms with Crippen molar-refractivity contribution in [2.24, 2.45) is 0 Å². The molecule has 4 rings (SSSR count). The van der Waals surface area contributed by atoms with Gasteiger partial charge in [-0.05, 0) is 61.7 Å². The lowest BCUT2D eigenvalue weighted by Gasteiger charge is -2.15. The average Bonchev–Trinajstić information content (AvgIpc) is 3.26. The first kappa shape index (κ1) is 19.2. The maximum absolute atomic E-state index is 12.3. The van der Waals surface area contributed by atoms with Gasteiger partial charge in [0, 0.05) is 35.1 Å². The Bertz CT molecular complexity index is 1020. The molecule has 2 aromatic carbocycles. The molecule has 29 heavy (non-hydrogen) atoms. The van der Waals surface area contributed by atoms with Gasteiger partial charge in [-0.3, -0.25) is 0 Å². The molecule has 1 fully saturated rings. The Morgan fingerprint density at radius 2 is 1.72 bits per heavy atom. The van der Waals surface area contributed by atoms with Crippen molar-refractivity contribution in [2.75, 3.05) is 28.6 Å². The number of rotatable bonds is 4. The molecule has 148 valence electrons. The predicted octanol–water partition coefficient (Wildman–Crippen LogP) is 5.35. The highest BCUT2D eigenvalue weighted by atomic mass is 35.5. The van der Waals surface area contributed by atoms with Gasteiger partial charge in [0.25, 0.3) is 0 Å². The molecule has 7 heteroatoms. The van der Waals surface area contributed by atoms with Crippen LogP contribution in [0.25, 0.3) is 11.3 Å². The zero-order valence-corrected chi connectivity index (χ0v) is 16.9. The highest BCUT2D eigenvalue weighted by Gasteiger charge is 2.14. The van der Waals surface area contributed by atoms with Gasteiger partial charge < -0.3 is 15.5 Å². The molecular weight excluding hydrogens is 386 g/mol. The van der Waals surface area contributed by atoms with Gasteiger partial charge in [0.1, 0.15) is 0 Å². The Hall–Kier alpha value is -3.12. The number of nitrogens with one attached hydrogen (secondary N) is 2. The van der Waals surface area contributed by atoms with Gasteiger partial charge in [-0.1, -0.05) is 29.8 Å². The fourth-order valence-corrected chi connectivity index (χ4v) is 3.49. The molecule has 1 aliphatic heterocycles. The van der Waals surface area contributed by atoms with Crippen LogP contribution in [-0.2, 0) is 0 Å². The standard InChI is InChI=1S/C22H22ClN5O/c1-15-7-8-18(14-19(15)23)25-22(29)24-17-6-4-5-16(13-17)20-9-10-21(27-26-20)28-11-2-3-12-28/h4-10,13-14H,2-3,11-12H2,1H3,(H2,24,25,29). The molecule has 0 radical (unpaired) electrons. The SMILES string of the molecule is Cc1ccc(NC(=O)Nc2cccc(-c3ccc(N4CCCC4)nn3)c2)cc1Cl. The third-order valence-corrected chi connectivity index (χ3v) is 5.33. The van der Waals surface area contributed by atoms with E-state index < -0.39 is 0 Å². The van der Waals surface area contributed by atoms with Crippen molar-refractivity contribution in [3.63, 3.8) is 0 Å². The second kappa shape index (κ2) is 8.49. The predicted molar refractivity (Wildman–Crippen MR) is 118 cm³/mol. The largest absolute Gasteiger partial charge is 0.355 e. The summed E-state index contributed by atoms with van der Waals surface area (Å²) < 4.78 is 0. The van der Waals surface area contributed by atoms with Crippen LogP contribution >= 0.6 is 11.6 Å². The number of carbonyl (C=O) groups is 1. The topological polar surface area (TPSA) is 70.2 Å². The third-order valence-electron chi connectivity index (χ3n) is 4.93. The van der Waals surface area contributed by atoms with E-state index in [0.29, 0.717) is 16.4 Å². The number of urea groups is 1. The monoisotopic (exact) mass is 407 g/mol. The Kier molecular flexibility index (Phi) is 5.62. The summed E-state index contributed by atoms with van der Waals surface area (Å²) in [5.74, 6) is 0.914. The number of carbonyl (C=O) groups excluding carboxylic acids is 1. The molecule has 0 aliphatic carbocycles. The summed E-state index contributed by atoms with van der Waals surface area (Å²) in [7, 11) is 0. The van der Waals surface area contributed by atoms with Crippen LogP contribution in [0.5, 0.6) is 0 Å². The molecule has 0 spiro atoms. The Labute approximate surface area is 174 Å². The van der Waals surface area contributed by atoms with Gasteiger partial charge in [0.2, 0.25) is 0 Å². The number of nitrogens with zero attached hydrogens (tertiary/aromatic N) is 3. The van der Waals surface area contributed by atoms with Crippen LogP contribution in [0.3, 0.4) is 0 Å². The van der Waals surface area contributed by atoms with Crippen LogP contribution in [0.4, 0.5) is 22.0 Å². The normalized spacial score (nSPS) is 13.4. The molecule has 0 unspecified atom stereocenters. The van der Waals surface area contributed by atoms with Crippen LogP contribution in [0, 0.1) is 6.92 Å². The minimum atomic E-state index is -0.336. The van der Waals surface area contributed by atoms with Gasteiger partial charge in [-0.2, -0.15) is 0 Å². The van der Waals surface area contributed by atoms with Crippen molar-refractivity contribution in [1.82, 2.24) is 10.2 Å². The van der Waals surface area contributed by atoms with E-state index in [9.17, 15) is 4.79 Å². The molecule has 0 bridgehead atoms. The number of anilines is 3. The number of benzene rings is 2. The van der Waals surface area contributed by atoms with Gasteiger partial charge >= 0.3 is 6.03 Å². The lowest BCUT2D eigenvalue weighted by Crippen LogP contribution is -2.19. The fraction of sp³-hybridized carbons (Fsp3) is 0.227. The van der Waals surface area contributed by atoms with Crippen molar-refractivity contribution in [3.05, 3.63) is 65.2 Å². The highest BCUT2D eigenvalue weighted by Crippen LogP contribution is 2.24. The van der Waals surface area contributed by atoms with Crippen LogP contribution in [0.15, 0.2) is 54.6 Å². The van der Waals surface area contributed by atoms with E-state index in [1.165, 1.54) is 12.8 Å². The quantitative estimate of drug-likeness (QED) is 0.611. The molecule has 6 nitrogen and oxygen atoms in total. The van der Waals surface area contributed by atoms with E-state index >= 15 is 0 Å². The zero-order valence-electron chi connectivity index (χ0n) is 16.2. The molecule has 3 aromatic rings. The minimum Gasteiger partial charge on any atom is -0.355 e. The highest BCUT2D eigenvalue weighted by molar-refractivity contribution is 6.31. The molecule has 0 saturated carbocycles. The molecule has 2 amide bonds. The van der Waals surface area contributed by atoms with E-state index in [1.807, 2.05) is 55.5 Å². The maximum Gasteiger partial charge on any atom is 0.323 e. The van der Waals surface area contributed by atoms with E-state index in [-0.39, 0.29) is 6.03 Å². The Morgan fingerprint density at radius 1 is 0.966 bits per heavy atom. The van der Waals surface area contributed by atoms with Crippen molar-refractivity contribution in [3.8, 4) is 11.3 Å². The first-order chi connectivity index (χ1) is 14.1. The second-order valence-corrected chi connectivity index (χ2v) is 7.50. The third kappa shape index (κ3) is 4.66. The van der Waals surface area contributed by atoms with Crippen LogP contribution in [0.2, 0.25) is 5.02 Å². The molecule has 1 aliphatic rings. The molecule has 0 atom stereocenters. The minimum absolute atomic E-state index is 0.336. The summed E-state index contributed by atoms with van der Waals surface area (Å²) in [5, 5.41) is 15.0. The van der Waals surface area contributed by atoms with Crippen molar-refractivity contribution in [2.45, 2.75) is 19.8 Å². The van der Waals surface area contributed by atoms with E-state index in [0.717, 1.165) is 35.7 Å². The second-order valence-electron chi connectivity index (χ2n) is 7.09. The molecule has 1 saturated heterocycles.